The van der Waals surface area contributed by atoms with Crippen molar-refractivity contribution in [3.8, 4) is 0 Å². The van der Waals surface area contributed by atoms with Crippen LogP contribution in [0.2, 0.25) is 0 Å². The first-order valence-corrected chi connectivity index (χ1v) is 3.60. The zero-order valence-electron chi connectivity index (χ0n) is 4.86. The lowest BCUT2D eigenvalue weighted by atomic mass is 10.5. The highest BCUT2D eigenvalue weighted by Gasteiger charge is 1.98. The van der Waals surface area contributed by atoms with Crippen LogP contribution in [0.1, 0.15) is 13.3 Å². The van der Waals surface area contributed by atoms with Crippen molar-refractivity contribution in [2.75, 3.05) is 12.5 Å². The predicted octanol–water partition coefficient (Wildman–Crippen LogP) is 2.22. The molecule has 0 radical (unpaired) electrons. The van der Waals surface area contributed by atoms with Gasteiger partial charge in [-0.05, 0) is 6.42 Å². The summed E-state index contributed by atoms with van der Waals surface area (Å²) in [7, 11) is 0. The Labute approximate surface area is 59.9 Å². The van der Waals surface area contributed by atoms with Gasteiger partial charge in [0.15, 0.2) is 0 Å². The summed E-state index contributed by atoms with van der Waals surface area (Å²) in [6.07, 6.45) is 0.986. The third-order valence-electron chi connectivity index (χ3n) is 0.624. The van der Waals surface area contributed by atoms with Gasteiger partial charge in [0.1, 0.15) is 5.56 Å². The molecule has 0 saturated carbocycles. The summed E-state index contributed by atoms with van der Waals surface area (Å²) in [6, 6.07) is 0. The van der Waals surface area contributed by atoms with E-state index >= 15 is 0 Å². The summed E-state index contributed by atoms with van der Waals surface area (Å²) in [4.78, 5) is 0. The highest BCUT2D eigenvalue weighted by Crippen LogP contribution is 2.00. The number of halogens is 2. The molecule has 0 N–H and O–H groups in total. The third-order valence-corrected chi connectivity index (χ3v) is 1.34. The maximum atomic E-state index is 5.49. The first-order chi connectivity index (χ1) is 3.81. The molecule has 1 unspecified atom stereocenters. The summed E-state index contributed by atoms with van der Waals surface area (Å²) in [5.74, 6) is 0.363. The van der Waals surface area contributed by atoms with Gasteiger partial charge in [0.25, 0.3) is 0 Å². The van der Waals surface area contributed by atoms with Crippen LogP contribution < -0.4 is 0 Å². The van der Waals surface area contributed by atoms with E-state index in [0.29, 0.717) is 12.5 Å². The summed E-state index contributed by atoms with van der Waals surface area (Å²) in [5.41, 5.74) is -0.309. The fourth-order valence-corrected chi connectivity index (χ4v) is 0.468. The van der Waals surface area contributed by atoms with Gasteiger partial charge in [0.05, 0.1) is 5.88 Å². The third kappa shape index (κ3) is 4.69. The van der Waals surface area contributed by atoms with Gasteiger partial charge in [-0.1, -0.05) is 18.5 Å². The maximum Gasteiger partial charge on any atom is 0.144 e. The van der Waals surface area contributed by atoms with E-state index in [2.05, 4.69) is 0 Å². The van der Waals surface area contributed by atoms with Crippen molar-refractivity contribution in [1.29, 1.82) is 0 Å². The molecule has 0 amide bonds. The number of ether oxygens (including phenoxy) is 1. The molecule has 0 aliphatic rings. The van der Waals surface area contributed by atoms with Crippen molar-refractivity contribution in [2.24, 2.45) is 0 Å². The number of hydrogen-bond donors (Lipinski definition) is 0. The molecule has 0 aliphatic heterocycles. The van der Waals surface area contributed by atoms with E-state index in [0.717, 1.165) is 6.42 Å². The minimum absolute atomic E-state index is 0.309. The zero-order valence-corrected chi connectivity index (χ0v) is 6.37. The van der Waals surface area contributed by atoms with Crippen LogP contribution in [-0.2, 0) is 4.74 Å². The summed E-state index contributed by atoms with van der Waals surface area (Å²) >= 11 is 10.8. The Morgan fingerprint density at radius 2 is 2.25 bits per heavy atom. The van der Waals surface area contributed by atoms with Crippen LogP contribution >= 0.6 is 23.2 Å². The normalized spacial score (nSPS) is 13.9. The average Bonchev–Trinajstić information content (AvgIpc) is 1.83. The van der Waals surface area contributed by atoms with Gasteiger partial charge in [0.2, 0.25) is 0 Å². The van der Waals surface area contributed by atoms with Gasteiger partial charge >= 0.3 is 0 Å². The van der Waals surface area contributed by atoms with Gasteiger partial charge in [-0.2, -0.15) is 0 Å². The first-order valence-electron chi connectivity index (χ1n) is 2.63. The van der Waals surface area contributed by atoms with Crippen LogP contribution in [0.4, 0.5) is 0 Å². The Hall–Kier alpha value is 0.540. The van der Waals surface area contributed by atoms with Crippen molar-refractivity contribution in [2.45, 2.75) is 18.9 Å². The Bertz CT molecular complexity index is 49.7. The Balaban J connectivity index is 2.86. The maximum absolute atomic E-state index is 5.49. The molecule has 3 heteroatoms. The minimum atomic E-state index is -0.309. The number of hydrogen-bond acceptors (Lipinski definition) is 1. The molecule has 1 nitrogen and oxygen atoms in total. The molecule has 0 aromatic rings. The molecule has 50 valence electrons. The molecule has 0 aromatic carbocycles. The fraction of sp³-hybridized carbons (Fsp3) is 1.00. The summed E-state index contributed by atoms with van der Waals surface area (Å²) in [5, 5.41) is 0. The monoisotopic (exact) mass is 156 g/mol. The second-order valence-corrected chi connectivity index (χ2v) is 2.23. The minimum Gasteiger partial charge on any atom is -0.361 e. The molecular weight excluding hydrogens is 147 g/mol. The van der Waals surface area contributed by atoms with Crippen LogP contribution in [0.3, 0.4) is 0 Å². The van der Waals surface area contributed by atoms with Crippen molar-refractivity contribution in [3.05, 3.63) is 0 Å². The topological polar surface area (TPSA) is 9.23 Å². The molecule has 0 rings (SSSR count). The lowest BCUT2D eigenvalue weighted by Gasteiger charge is -2.04. The smallest absolute Gasteiger partial charge is 0.144 e. The standard InChI is InChI=1S/C5H10Cl2O/c1-2-3-8-5(7)4-6/h5H,2-4H2,1H3. The van der Waals surface area contributed by atoms with E-state index in [1.807, 2.05) is 6.92 Å². The van der Waals surface area contributed by atoms with E-state index < -0.39 is 0 Å². The van der Waals surface area contributed by atoms with Crippen LogP contribution in [0.25, 0.3) is 0 Å². The van der Waals surface area contributed by atoms with Gasteiger partial charge in [0, 0.05) is 6.61 Å². The predicted molar refractivity (Wildman–Crippen MR) is 36.6 cm³/mol. The van der Waals surface area contributed by atoms with Crippen molar-refractivity contribution < 1.29 is 4.74 Å². The largest absolute Gasteiger partial charge is 0.361 e. The Kier molecular flexibility index (Phi) is 6.06. The van der Waals surface area contributed by atoms with E-state index in [9.17, 15) is 0 Å². The molecular formula is C5H10Cl2O. The average molecular weight is 157 g/mol. The van der Waals surface area contributed by atoms with Crippen molar-refractivity contribution >= 4 is 23.2 Å². The van der Waals surface area contributed by atoms with Crippen molar-refractivity contribution in [3.63, 3.8) is 0 Å². The Morgan fingerprint density at radius 1 is 1.62 bits per heavy atom. The number of alkyl halides is 2. The molecule has 0 spiro atoms. The van der Waals surface area contributed by atoms with Crippen LogP contribution in [-0.4, -0.2) is 18.1 Å². The molecule has 0 bridgehead atoms. The molecule has 0 saturated heterocycles. The first kappa shape index (κ1) is 8.54. The SMILES string of the molecule is CCCOC(Cl)CCl. The van der Waals surface area contributed by atoms with Crippen LogP contribution in [0.5, 0.6) is 0 Å². The molecule has 0 fully saturated rings. The van der Waals surface area contributed by atoms with E-state index in [1.165, 1.54) is 0 Å². The second-order valence-electron chi connectivity index (χ2n) is 1.44. The molecule has 1 atom stereocenters. The lowest BCUT2D eigenvalue weighted by Crippen LogP contribution is -2.06. The van der Waals surface area contributed by atoms with Gasteiger partial charge in [-0.25, -0.2) is 0 Å². The van der Waals surface area contributed by atoms with Crippen LogP contribution in [0, 0.1) is 0 Å². The number of rotatable bonds is 4. The summed E-state index contributed by atoms with van der Waals surface area (Å²) in [6.45, 7) is 2.72. The quantitative estimate of drug-likeness (QED) is 0.568. The molecule has 0 heterocycles. The van der Waals surface area contributed by atoms with Crippen molar-refractivity contribution in [1.82, 2.24) is 0 Å². The molecule has 0 aromatic heterocycles. The van der Waals surface area contributed by atoms with E-state index in [-0.39, 0.29) is 5.56 Å². The highest BCUT2D eigenvalue weighted by molar-refractivity contribution is 6.27. The summed E-state index contributed by atoms with van der Waals surface area (Å²) < 4.78 is 4.97. The Morgan fingerprint density at radius 3 is 2.62 bits per heavy atom. The second kappa shape index (κ2) is 5.67. The molecule has 8 heavy (non-hydrogen) atoms. The zero-order chi connectivity index (χ0) is 6.41. The van der Waals surface area contributed by atoms with E-state index in [4.69, 9.17) is 27.9 Å². The fourth-order valence-electron chi connectivity index (χ4n) is 0.290. The van der Waals surface area contributed by atoms with Gasteiger partial charge in [-0.15, -0.1) is 11.6 Å². The van der Waals surface area contributed by atoms with Crippen LogP contribution in [0.15, 0.2) is 0 Å². The van der Waals surface area contributed by atoms with E-state index in [1.54, 1.807) is 0 Å². The highest BCUT2D eigenvalue weighted by atomic mass is 35.5. The molecule has 0 aliphatic carbocycles. The van der Waals surface area contributed by atoms with Gasteiger partial charge < -0.3 is 4.74 Å². The lowest BCUT2D eigenvalue weighted by molar-refractivity contribution is 0.122. The van der Waals surface area contributed by atoms with Gasteiger partial charge in [-0.3, -0.25) is 0 Å².